The number of rotatable bonds is 2. The highest BCUT2D eigenvalue weighted by molar-refractivity contribution is 5.76. The Morgan fingerprint density at radius 2 is 1.89 bits per heavy atom. The lowest BCUT2D eigenvalue weighted by atomic mass is 10.1. The molecular formula is C15H11NO3. The van der Waals surface area contributed by atoms with E-state index >= 15 is 0 Å². The van der Waals surface area contributed by atoms with Gasteiger partial charge in [-0.05, 0) is 12.1 Å². The van der Waals surface area contributed by atoms with Crippen LogP contribution in [0.4, 0.5) is 0 Å². The van der Waals surface area contributed by atoms with Crippen LogP contribution < -0.4 is 10.4 Å². The minimum Gasteiger partial charge on any atom is -0.497 e. The van der Waals surface area contributed by atoms with Crippen molar-refractivity contribution in [3.8, 4) is 17.0 Å². The van der Waals surface area contributed by atoms with Gasteiger partial charge in [-0.15, -0.1) is 0 Å². The zero-order chi connectivity index (χ0) is 13.2. The van der Waals surface area contributed by atoms with Gasteiger partial charge in [-0.25, -0.2) is 9.78 Å². The fourth-order valence-corrected chi connectivity index (χ4v) is 1.89. The topological polar surface area (TPSA) is 52.3 Å². The molecule has 0 spiro atoms. The Morgan fingerprint density at radius 3 is 2.63 bits per heavy atom. The first-order valence-corrected chi connectivity index (χ1v) is 5.82. The van der Waals surface area contributed by atoms with Gasteiger partial charge < -0.3 is 9.15 Å². The molecule has 0 atom stereocenters. The second-order valence-corrected chi connectivity index (χ2v) is 4.05. The first kappa shape index (κ1) is 11.5. The molecule has 0 amide bonds. The maximum absolute atomic E-state index is 11.9. The van der Waals surface area contributed by atoms with Gasteiger partial charge in [0, 0.05) is 11.6 Å². The number of benzene rings is 2. The molecule has 0 radical (unpaired) electrons. The van der Waals surface area contributed by atoms with Crippen molar-refractivity contribution in [1.82, 2.24) is 4.98 Å². The summed E-state index contributed by atoms with van der Waals surface area (Å²) in [6.45, 7) is 0. The predicted molar refractivity (Wildman–Crippen MR) is 72.3 cm³/mol. The number of aromatic nitrogens is 1. The maximum Gasteiger partial charge on any atom is 0.363 e. The smallest absolute Gasteiger partial charge is 0.363 e. The largest absolute Gasteiger partial charge is 0.497 e. The van der Waals surface area contributed by atoms with Gasteiger partial charge in [0.25, 0.3) is 0 Å². The van der Waals surface area contributed by atoms with Crippen LogP contribution in [0, 0.1) is 0 Å². The lowest BCUT2D eigenvalue weighted by Crippen LogP contribution is -2.05. The predicted octanol–water partition coefficient (Wildman–Crippen LogP) is 2.86. The Kier molecular flexibility index (Phi) is 2.76. The molecule has 0 aliphatic rings. The number of hydrogen-bond donors (Lipinski definition) is 0. The molecule has 0 saturated carbocycles. The number of ether oxygens (including phenoxy) is 1. The molecule has 0 fully saturated rings. The van der Waals surface area contributed by atoms with E-state index in [9.17, 15) is 4.79 Å². The molecule has 0 aliphatic carbocycles. The molecule has 4 nitrogen and oxygen atoms in total. The van der Waals surface area contributed by atoms with E-state index in [2.05, 4.69) is 4.98 Å². The Hall–Kier alpha value is -2.62. The van der Waals surface area contributed by atoms with E-state index in [1.807, 2.05) is 30.3 Å². The van der Waals surface area contributed by atoms with E-state index < -0.39 is 5.63 Å². The first-order valence-electron chi connectivity index (χ1n) is 5.82. The maximum atomic E-state index is 11.9. The molecule has 0 bridgehead atoms. The molecule has 0 saturated heterocycles. The van der Waals surface area contributed by atoms with Gasteiger partial charge in [-0.1, -0.05) is 30.3 Å². The van der Waals surface area contributed by atoms with Gasteiger partial charge in [0.1, 0.15) is 11.3 Å². The zero-order valence-corrected chi connectivity index (χ0v) is 10.3. The van der Waals surface area contributed by atoms with E-state index in [1.54, 1.807) is 25.3 Å². The highest BCUT2D eigenvalue weighted by atomic mass is 16.5. The van der Waals surface area contributed by atoms with E-state index in [0.717, 1.165) is 5.56 Å². The van der Waals surface area contributed by atoms with Crippen molar-refractivity contribution in [2.24, 2.45) is 0 Å². The van der Waals surface area contributed by atoms with Gasteiger partial charge >= 0.3 is 5.63 Å². The molecular weight excluding hydrogens is 242 g/mol. The molecule has 0 N–H and O–H groups in total. The monoisotopic (exact) mass is 253 g/mol. The Labute approximate surface area is 109 Å². The van der Waals surface area contributed by atoms with Crippen LogP contribution in [-0.4, -0.2) is 12.1 Å². The highest BCUT2D eigenvalue weighted by Crippen LogP contribution is 2.21. The first-order chi connectivity index (χ1) is 9.28. The third kappa shape index (κ3) is 2.08. The summed E-state index contributed by atoms with van der Waals surface area (Å²) in [7, 11) is 1.58. The van der Waals surface area contributed by atoms with Gasteiger partial charge in [0.15, 0.2) is 11.3 Å². The van der Waals surface area contributed by atoms with E-state index in [1.165, 1.54) is 0 Å². The molecule has 94 valence electrons. The Balaban J connectivity index is 2.26. The molecule has 3 rings (SSSR count). The van der Waals surface area contributed by atoms with Crippen LogP contribution in [0.3, 0.4) is 0 Å². The standard InChI is InChI=1S/C15H11NO3/c1-18-11-7-8-13-12(9-11)16-14(15(17)19-13)10-5-3-2-4-6-10/h2-9H,1H3. The van der Waals surface area contributed by atoms with E-state index in [4.69, 9.17) is 9.15 Å². The molecule has 0 unspecified atom stereocenters. The second kappa shape index (κ2) is 4.57. The third-order valence-corrected chi connectivity index (χ3v) is 2.84. The summed E-state index contributed by atoms with van der Waals surface area (Å²) in [5.41, 5.74) is 1.65. The molecule has 3 aromatic rings. The van der Waals surface area contributed by atoms with Crippen molar-refractivity contribution in [1.29, 1.82) is 0 Å². The summed E-state index contributed by atoms with van der Waals surface area (Å²) in [4.78, 5) is 16.3. The molecule has 4 heteroatoms. The van der Waals surface area contributed by atoms with Gasteiger partial charge in [0.2, 0.25) is 0 Å². The molecule has 1 aromatic heterocycles. The number of fused-ring (bicyclic) bond motifs is 1. The minimum atomic E-state index is -0.441. The van der Waals surface area contributed by atoms with Gasteiger partial charge in [-0.3, -0.25) is 0 Å². The van der Waals surface area contributed by atoms with Crippen LogP contribution in [0.2, 0.25) is 0 Å². The minimum absolute atomic E-state index is 0.307. The van der Waals surface area contributed by atoms with Crippen LogP contribution in [0.25, 0.3) is 22.4 Å². The fraction of sp³-hybridized carbons (Fsp3) is 0.0667. The van der Waals surface area contributed by atoms with Crippen molar-refractivity contribution < 1.29 is 9.15 Å². The van der Waals surface area contributed by atoms with Gasteiger partial charge in [-0.2, -0.15) is 0 Å². The quantitative estimate of drug-likeness (QED) is 0.704. The van der Waals surface area contributed by atoms with Crippen LogP contribution >= 0.6 is 0 Å². The van der Waals surface area contributed by atoms with Crippen molar-refractivity contribution in [3.05, 3.63) is 59.0 Å². The zero-order valence-electron chi connectivity index (χ0n) is 10.3. The highest BCUT2D eigenvalue weighted by Gasteiger charge is 2.09. The Morgan fingerprint density at radius 1 is 1.11 bits per heavy atom. The fourth-order valence-electron chi connectivity index (χ4n) is 1.89. The summed E-state index contributed by atoms with van der Waals surface area (Å²) >= 11 is 0. The van der Waals surface area contributed by atoms with Crippen LogP contribution in [0.5, 0.6) is 5.75 Å². The number of hydrogen-bond acceptors (Lipinski definition) is 4. The van der Waals surface area contributed by atoms with E-state index in [-0.39, 0.29) is 0 Å². The van der Waals surface area contributed by atoms with Gasteiger partial charge in [0.05, 0.1) is 7.11 Å². The average molecular weight is 253 g/mol. The lowest BCUT2D eigenvalue weighted by molar-refractivity contribution is 0.415. The Bertz CT molecular complexity index is 778. The second-order valence-electron chi connectivity index (χ2n) is 4.05. The number of methoxy groups -OCH3 is 1. The van der Waals surface area contributed by atoms with Crippen molar-refractivity contribution in [2.45, 2.75) is 0 Å². The van der Waals surface area contributed by atoms with Crippen LogP contribution in [-0.2, 0) is 0 Å². The molecule has 19 heavy (non-hydrogen) atoms. The number of nitrogens with zero attached hydrogens (tertiary/aromatic N) is 1. The third-order valence-electron chi connectivity index (χ3n) is 2.84. The van der Waals surface area contributed by atoms with Crippen LogP contribution in [0.15, 0.2) is 57.7 Å². The molecule has 0 aliphatic heterocycles. The average Bonchev–Trinajstić information content (AvgIpc) is 2.47. The van der Waals surface area contributed by atoms with Crippen LogP contribution in [0.1, 0.15) is 0 Å². The summed E-state index contributed by atoms with van der Waals surface area (Å²) in [6, 6.07) is 14.4. The molecule has 2 aromatic carbocycles. The SMILES string of the molecule is COc1ccc2oc(=O)c(-c3ccccc3)nc2c1. The van der Waals surface area contributed by atoms with Crippen molar-refractivity contribution >= 4 is 11.1 Å². The summed E-state index contributed by atoms with van der Waals surface area (Å²) in [5, 5.41) is 0. The normalized spacial score (nSPS) is 10.6. The van der Waals surface area contributed by atoms with Crippen molar-refractivity contribution in [3.63, 3.8) is 0 Å². The van der Waals surface area contributed by atoms with E-state index in [0.29, 0.717) is 22.5 Å². The molecule has 1 heterocycles. The summed E-state index contributed by atoms with van der Waals surface area (Å²) in [5.74, 6) is 0.674. The lowest BCUT2D eigenvalue weighted by Gasteiger charge is -2.03. The summed E-state index contributed by atoms with van der Waals surface area (Å²) < 4.78 is 10.4. The summed E-state index contributed by atoms with van der Waals surface area (Å²) in [6.07, 6.45) is 0. The van der Waals surface area contributed by atoms with Crippen molar-refractivity contribution in [2.75, 3.05) is 7.11 Å².